The van der Waals surface area contributed by atoms with Gasteiger partial charge in [0.05, 0.1) is 5.69 Å². The molecular formula is C20H33FN6. The molecule has 0 radical (unpaired) electrons. The lowest BCUT2D eigenvalue weighted by Gasteiger charge is -2.28. The minimum absolute atomic E-state index is 0.502. The van der Waals surface area contributed by atoms with Crippen LogP contribution in [0.4, 0.5) is 10.2 Å². The maximum Gasteiger partial charge on any atom is 0.153 e. The molecule has 0 bridgehead atoms. The SMILES string of the molecule is CCCCc1nc(N)c2[nH]nc(CCCCCCN3CCC(F)CC3)c2n1. The first-order valence-corrected chi connectivity index (χ1v) is 10.5. The molecule has 150 valence electrons. The van der Waals surface area contributed by atoms with Crippen LogP contribution >= 0.6 is 0 Å². The van der Waals surface area contributed by atoms with Crippen LogP contribution in [-0.4, -0.2) is 50.9 Å². The summed E-state index contributed by atoms with van der Waals surface area (Å²) in [6, 6.07) is 0. The highest BCUT2D eigenvalue weighted by molar-refractivity contribution is 5.85. The molecule has 1 aliphatic rings. The van der Waals surface area contributed by atoms with Gasteiger partial charge in [0, 0.05) is 19.5 Å². The number of aromatic amines is 1. The first-order valence-electron chi connectivity index (χ1n) is 10.5. The third-order valence-corrected chi connectivity index (χ3v) is 5.47. The molecule has 27 heavy (non-hydrogen) atoms. The molecule has 0 aliphatic carbocycles. The van der Waals surface area contributed by atoms with Crippen LogP contribution in [0.2, 0.25) is 0 Å². The number of nitrogens with two attached hydrogens (primary N) is 1. The molecule has 0 atom stereocenters. The molecule has 0 saturated carbocycles. The van der Waals surface area contributed by atoms with Crippen molar-refractivity contribution in [2.45, 2.75) is 77.3 Å². The molecule has 1 aliphatic heterocycles. The van der Waals surface area contributed by atoms with Crippen molar-refractivity contribution >= 4 is 16.9 Å². The van der Waals surface area contributed by atoms with Crippen LogP contribution < -0.4 is 5.73 Å². The molecular weight excluding hydrogens is 343 g/mol. The Kier molecular flexibility index (Phi) is 7.38. The number of fused-ring (bicyclic) bond motifs is 1. The second kappa shape index (κ2) is 9.97. The van der Waals surface area contributed by atoms with Gasteiger partial charge in [0.1, 0.15) is 23.0 Å². The van der Waals surface area contributed by atoms with Crippen molar-refractivity contribution in [2.24, 2.45) is 0 Å². The molecule has 7 heteroatoms. The van der Waals surface area contributed by atoms with E-state index in [0.29, 0.717) is 18.7 Å². The van der Waals surface area contributed by atoms with Gasteiger partial charge in [-0.05, 0) is 45.1 Å². The van der Waals surface area contributed by atoms with E-state index in [0.717, 1.165) is 74.3 Å². The van der Waals surface area contributed by atoms with E-state index in [1.54, 1.807) is 0 Å². The summed E-state index contributed by atoms with van der Waals surface area (Å²) < 4.78 is 13.2. The van der Waals surface area contributed by atoms with E-state index < -0.39 is 6.17 Å². The standard InChI is InChI=1S/C20H33FN6/c1-2-3-9-17-23-18-16(25-26-19(18)20(22)24-17)8-6-4-5-7-12-27-13-10-15(21)11-14-27/h15H,2-14H2,1H3,(H,25,26)(H2,22,23,24). The van der Waals surface area contributed by atoms with Crippen LogP contribution in [0.15, 0.2) is 0 Å². The highest BCUT2D eigenvalue weighted by atomic mass is 19.1. The summed E-state index contributed by atoms with van der Waals surface area (Å²) in [4.78, 5) is 11.5. The van der Waals surface area contributed by atoms with Gasteiger partial charge < -0.3 is 10.6 Å². The van der Waals surface area contributed by atoms with Crippen molar-refractivity contribution in [1.29, 1.82) is 0 Å². The lowest BCUT2D eigenvalue weighted by Crippen LogP contribution is -2.35. The van der Waals surface area contributed by atoms with Gasteiger partial charge in [-0.2, -0.15) is 5.10 Å². The predicted molar refractivity (Wildman–Crippen MR) is 107 cm³/mol. The topological polar surface area (TPSA) is 83.7 Å². The van der Waals surface area contributed by atoms with Crippen LogP contribution in [0.3, 0.4) is 0 Å². The second-order valence-corrected chi connectivity index (χ2v) is 7.70. The van der Waals surface area contributed by atoms with Gasteiger partial charge in [-0.3, -0.25) is 5.10 Å². The number of anilines is 1. The van der Waals surface area contributed by atoms with E-state index in [4.69, 9.17) is 10.7 Å². The van der Waals surface area contributed by atoms with Gasteiger partial charge in [-0.1, -0.05) is 26.2 Å². The summed E-state index contributed by atoms with van der Waals surface area (Å²) >= 11 is 0. The molecule has 6 nitrogen and oxygen atoms in total. The molecule has 3 rings (SSSR count). The normalized spacial score (nSPS) is 16.4. The number of hydrogen-bond donors (Lipinski definition) is 2. The van der Waals surface area contributed by atoms with Crippen molar-refractivity contribution in [1.82, 2.24) is 25.1 Å². The summed E-state index contributed by atoms with van der Waals surface area (Å²) in [6.45, 7) is 5.10. The van der Waals surface area contributed by atoms with Gasteiger partial charge in [-0.25, -0.2) is 14.4 Å². The Balaban J connectivity index is 1.42. The highest BCUT2D eigenvalue weighted by Gasteiger charge is 2.17. The average molecular weight is 377 g/mol. The van der Waals surface area contributed by atoms with E-state index in [1.807, 2.05) is 0 Å². The number of aromatic nitrogens is 4. The number of aryl methyl sites for hydroxylation is 2. The van der Waals surface area contributed by atoms with E-state index in [1.165, 1.54) is 19.3 Å². The Hall–Kier alpha value is -1.76. The molecule has 0 aromatic carbocycles. The number of nitrogens with zero attached hydrogens (tertiary/aromatic N) is 4. The number of unbranched alkanes of at least 4 members (excludes halogenated alkanes) is 4. The van der Waals surface area contributed by atoms with Crippen molar-refractivity contribution < 1.29 is 4.39 Å². The third-order valence-electron chi connectivity index (χ3n) is 5.47. The van der Waals surface area contributed by atoms with E-state index in [-0.39, 0.29) is 0 Å². The molecule has 0 spiro atoms. The summed E-state index contributed by atoms with van der Waals surface area (Å²) in [6.07, 6.45) is 9.47. The summed E-state index contributed by atoms with van der Waals surface area (Å²) in [5.41, 5.74) is 8.72. The average Bonchev–Trinajstić information content (AvgIpc) is 3.08. The van der Waals surface area contributed by atoms with Gasteiger partial charge in [0.15, 0.2) is 5.82 Å². The van der Waals surface area contributed by atoms with Crippen molar-refractivity contribution in [3.05, 3.63) is 11.5 Å². The number of alkyl halides is 1. The number of nitrogen functional groups attached to an aromatic ring is 1. The van der Waals surface area contributed by atoms with Crippen LogP contribution in [-0.2, 0) is 12.8 Å². The van der Waals surface area contributed by atoms with Gasteiger partial charge >= 0.3 is 0 Å². The lowest BCUT2D eigenvalue weighted by atomic mass is 10.1. The summed E-state index contributed by atoms with van der Waals surface area (Å²) in [5.74, 6) is 1.32. The number of rotatable bonds is 10. The number of piperidine rings is 1. The largest absolute Gasteiger partial charge is 0.382 e. The Labute approximate surface area is 161 Å². The third kappa shape index (κ3) is 5.61. The fraction of sp³-hybridized carbons (Fsp3) is 0.750. The number of nitrogens with one attached hydrogen (secondary N) is 1. The van der Waals surface area contributed by atoms with E-state index in [2.05, 4.69) is 27.0 Å². The minimum atomic E-state index is -0.578. The zero-order chi connectivity index (χ0) is 19.1. The maximum atomic E-state index is 13.2. The van der Waals surface area contributed by atoms with Crippen LogP contribution in [0.1, 0.15) is 69.8 Å². The quantitative estimate of drug-likeness (QED) is 0.616. The molecule has 0 unspecified atom stereocenters. The van der Waals surface area contributed by atoms with Crippen LogP contribution in [0, 0.1) is 0 Å². The van der Waals surface area contributed by atoms with E-state index in [9.17, 15) is 4.39 Å². The predicted octanol–water partition coefficient (Wildman–Crippen LogP) is 3.81. The number of hydrogen-bond acceptors (Lipinski definition) is 5. The van der Waals surface area contributed by atoms with Crippen molar-refractivity contribution in [3.63, 3.8) is 0 Å². The number of halogens is 1. The second-order valence-electron chi connectivity index (χ2n) is 7.70. The van der Waals surface area contributed by atoms with Gasteiger partial charge in [-0.15, -0.1) is 0 Å². The molecule has 1 fully saturated rings. The fourth-order valence-corrected chi connectivity index (χ4v) is 3.75. The van der Waals surface area contributed by atoms with Crippen molar-refractivity contribution in [3.8, 4) is 0 Å². The Morgan fingerprint density at radius 3 is 2.63 bits per heavy atom. The Bertz CT molecular complexity index is 708. The minimum Gasteiger partial charge on any atom is -0.382 e. The van der Waals surface area contributed by atoms with E-state index >= 15 is 0 Å². The Morgan fingerprint density at radius 1 is 1.07 bits per heavy atom. The first-order chi connectivity index (χ1) is 13.2. The van der Waals surface area contributed by atoms with Gasteiger partial charge in [0.2, 0.25) is 0 Å². The monoisotopic (exact) mass is 376 g/mol. The molecule has 1 saturated heterocycles. The molecule has 3 N–H and O–H groups in total. The van der Waals surface area contributed by atoms with Crippen LogP contribution in [0.5, 0.6) is 0 Å². The summed E-state index contributed by atoms with van der Waals surface area (Å²) in [5, 5.41) is 7.43. The Morgan fingerprint density at radius 2 is 1.85 bits per heavy atom. The molecule has 2 aromatic rings. The zero-order valence-electron chi connectivity index (χ0n) is 16.5. The van der Waals surface area contributed by atoms with Crippen LogP contribution in [0.25, 0.3) is 11.0 Å². The smallest absolute Gasteiger partial charge is 0.153 e. The molecule has 0 amide bonds. The highest BCUT2D eigenvalue weighted by Crippen LogP contribution is 2.21. The molecule has 2 aromatic heterocycles. The first kappa shape index (κ1) is 20.0. The number of likely N-dealkylation sites (tertiary alicyclic amines) is 1. The number of H-pyrrole nitrogens is 1. The summed E-state index contributed by atoms with van der Waals surface area (Å²) in [7, 11) is 0. The lowest BCUT2D eigenvalue weighted by molar-refractivity contribution is 0.149. The van der Waals surface area contributed by atoms with Crippen molar-refractivity contribution in [2.75, 3.05) is 25.4 Å². The van der Waals surface area contributed by atoms with Gasteiger partial charge in [0.25, 0.3) is 0 Å². The zero-order valence-corrected chi connectivity index (χ0v) is 16.5. The maximum absolute atomic E-state index is 13.2. The fourth-order valence-electron chi connectivity index (χ4n) is 3.75. The molecule has 3 heterocycles.